The number of oxazole rings is 1. The summed E-state index contributed by atoms with van der Waals surface area (Å²) in [4.78, 5) is 19.4. The van der Waals surface area contributed by atoms with Crippen molar-refractivity contribution >= 4 is 34.6 Å². The van der Waals surface area contributed by atoms with Gasteiger partial charge >= 0.3 is 0 Å². The topological polar surface area (TPSA) is 78.6 Å². The lowest BCUT2D eigenvalue weighted by molar-refractivity contribution is -0.127. The molecule has 1 saturated carbocycles. The molecule has 1 aliphatic carbocycles. The van der Waals surface area contributed by atoms with E-state index in [4.69, 9.17) is 16.0 Å². The first-order valence-corrected chi connectivity index (χ1v) is 11.0. The van der Waals surface area contributed by atoms with Gasteiger partial charge < -0.3 is 19.7 Å². The van der Waals surface area contributed by atoms with Gasteiger partial charge in [0.05, 0.1) is 5.60 Å². The minimum atomic E-state index is -0.682. The molecule has 2 N–H and O–H groups in total. The number of piperidine rings is 1. The molecule has 1 amide bonds. The van der Waals surface area contributed by atoms with E-state index in [1.54, 1.807) is 12.1 Å². The van der Waals surface area contributed by atoms with Crippen LogP contribution in [0.25, 0.3) is 11.1 Å². The van der Waals surface area contributed by atoms with Crippen LogP contribution in [0, 0.1) is 11.8 Å². The van der Waals surface area contributed by atoms with Crippen LogP contribution in [0.15, 0.2) is 22.6 Å². The van der Waals surface area contributed by atoms with Gasteiger partial charge in [-0.1, -0.05) is 18.0 Å². The van der Waals surface area contributed by atoms with Crippen molar-refractivity contribution in [1.29, 1.82) is 0 Å². The summed E-state index contributed by atoms with van der Waals surface area (Å²) in [6.45, 7) is 5.24. The van der Waals surface area contributed by atoms with E-state index in [0.717, 1.165) is 62.7 Å². The van der Waals surface area contributed by atoms with E-state index in [0.29, 0.717) is 11.0 Å². The van der Waals surface area contributed by atoms with E-state index >= 15 is 0 Å². The van der Waals surface area contributed by atoms with Crippen LogP contribution >= 0.6 is 11.6 Å². The van der Waals surface area contributed by atoms with E-state index in [-0.39, 0.29) is 23.8 Å². The molecule has 1 aromatic carbocycles. The van der Waals surface area contributed by atoms with Crippen molar-refractivity contribution in [3.05, 3.63) is 23.2 Å². The fraction of sp³-hybridized carbons (Fsp3) is 0.636. The van der Waals surface area contributed by atoms with Crippen LogP contribution < -0.4 is 10.2 Å². The zero-order valence-corrected chi connectivity index (χ0v) is 17.9. The van der Waals surface area contributed by atoms with Gasteiger partial charge in [-0.3, -0.25) is 4.79 Å². The highest BCUT2D eigenvalue weighted by Gasteiger charge is 2.34. The van der Waals surface area contributed by atoms with E-state index in [1.807, 2.05) is 19.9 Å². The molecule has 4 rings (SSSR count). The highest BCUT2D eigenvalue weighted by Crippen LogP contribution is 2.33. The summed E-state index contributed by atoms with van der Waals surface area (Å²) in [7, 11) is 0. The summed E-state index contributed by atoms with van der Waals surface area (Å²) < 4.78 is 5.86. The van der Waals surface area contributed by atoms with Crippen LogP contribution in [0.1, 0.15) is 52.4 Å². The number of benzene rings is 1. The maximum absolute atomic E-state index is 12.8. The Morgan fingerprint density at radius 1 is 1.28 bits per heavy atom. The van der Waals surface area contributed by atoms with Gasteiger partial charge in [-0.2, -0.15) is 4.98 Å². The number of hydrogen-bond donors (Lipinski definition) is 2. The van der Waals surface area contributed by atoms with Crippen molar-refractivity contribution < 1.29 is 14.3 Å². The lowest BCUT2D eigenvalue weighted by Gasteiger charge is -2.37. The van der Waals surface area contributed by atoms with Gasteiger partial charge in [0.2, 0.25) is 5.91 Å². The molecular weight excluding hydrogens is 390 g/mol. The highest BCUT2D eigenvalue weighted by atomic mass is 35.5. The van der Waals surface area contributed by atoms with Crippen LogP contribution in [0.4, 0.5) is 6.01 Å². The quantitative estimate of drug-likeness (QED) is 0.778. The fourth-order valence-electron chi connectivity index (χ4n) is 4.64. The summed E-state index contributed by atoms with van der Waals surface area (Å²) in [5.41, 5.74) is 0.799. The molecule has 0 spiro atoms. The summed E-state index contributed by atoms with van der Waals surface area (Å²) in [6, 6.07) is 6.20. The number of anilines is 1. The second kappa shape index (κ2) is 8.15. The molecule has 1 aromatic heterocycles. The zero-order chi connectivity index (χ0) is 20.6. The number of nitrogens with one attached hydrogen (secondary N) is 1. The number of carbonyl (C=O) groups excluding carboxylic acids is 1. The first-order chi connectivity index (χ1) is 13.8. The third-order valence-electron chi connectivity index (χ3n) is 6.49. The molecule has 2 atom stereocenters. The van der Waals surface area contributed by atoms with Gasteiger partial charge in [-0.05, 0) is 70.1 Å². The molecule has 1 saturated heterocycles. The molecule has 0 unspecified atom stereocenters. The van der Waals surface area contributed by atoms with Gasteiger partial charge in [0.25, 0.3) is 6.01 Å². The fourth-order valence-corrected chi connectivity index (χ4v) is 4.80. The molecule has 29 heavy (non-hydrogen) atoms. The Bertz CT molecular complexity index is 868. The third-order valence-corrected chi connectivity index (χ3v) is 6.73. The predicted molar refractivity (Wildman–Crippen MR) is 114 cm³/mol. The number of carbonyl (C=O) groups is 1. The number of aromatic nitrogens is 1. The number of fused-ring (bicyclic) bond motifs is 1. The number of nitrogens with zero attached hydrogens (tertiary/aromatic N) is 2. The highest BCUT2D eigenvalue weighted by molar-refractivity contribution is 6.31. The van der Waals surface area contributed by atoms with Gasteiger partial charge in [0.15, 0.2) is 5.58 Å². The average Bonchev–Trinajstić information content (AvgIpc) is 3.11. The number of hydrogen-bond acceptors (Lipinski definition) is 5. The Kier molecular flexibility index (Phi) is 5.76. The molecular formula is C22H30ClN3O3. The molecule has 7 heteroatoms. The first kappa shape index (κ1) is 20.5. The Morgan fingerprint density at radius 3 is 2.76 bits per heavy atom. The molecule has 0 radical (unpaired) electrons. The molecule has 6 nitrogen and oxygen atoms in total. The third kappa shape index (κ3) is 4.69. The van der Waals surface area contributed by atoms with Crippen molar-refractivity contribution in [3.8, 4) is 0 Å². The molecule has 2 aliphatic rings. The van der Waals surface area contributed by atoms with E-state index in [2.05, 4.69) is 15.2 Å². The lowest BCUT2D eigenvalue weighted by Crippen LogP contribution is -2.47. The van der Waals surface area contributed by atoms with Crippen molar-refractivity contribution in [3.63, 3.8) is 0 Å². The number of amides is 1. The first-order valence-electron chi connectivity index (χ1n) is 10.6. The van der Waals surface area contributed by atoms with E-state index in [9.17, 15) is 9.90 Å². The SMILES string of the molecule is CC(C)(O)[C@H]1CCC[C@H](NC(=O)C2CCN(c3nc4cc(Cl)ccc4o3)CC2)C1. The maximum Gasteiger partial charge on any atom is 0.298 e. The molecule has 2 fully saturated rings. The van der Waals surface area contributed by atoms with Crippen LogP contribution in [-0.4, -0.2) is 40.7 Å². The molecule has 1 aliphatic heterocycles. The van der Waals surface area contributed by atoms with Crippen LogP contribution in [-0.2, 0) is 4.79 Å². The lowest BCUT2D eigenvalue weighted by atomic mass is 9.76. The van der Waals surface area contributed by atoms with Crippen LogP contribution in [0.3, 0.4) is 0 Å². The van der Waals surface area contributed by atoms with Crippen LogP contribution in [0.2, 0.25) is 5.02 Å². The van der Waals surface area contributed by atoms with E-state index in [1.165, 1.54) is 0 Å². The second-order valence-corrected chi connectivity index (χ2v) is 9.53. The maximum atomic E-state index is 12.8. The standard InChI is InChI=1S/C22H30ClN3O3/c1-22(2,28)15-4-3-5-17(12-15)24-20(27)14-8-10-26(11-9-14)21-25-18-13-16(23)6-7-19(18)29-21/h6-7,13-15,17,28H,3-5,8-12H2,1-2H3,(H,24,27)/t15-,17-/m0/s1. The Hall–Kier alpha value is -1.79. The summed E-state index contributed by atoms with van der Waals surface area (Å²) in [5.74, 6) is 0.416. The molecule has 2 aromatic rings. The van der Waals surface area contributed by atoms with E-state index < -0.39 is 5.60 Å². The summed E-state index contributed by atoms with van der Waals surface area (Å²) in [5, 5.41) is 14.2. The van der Waals surface area contributed by atoms with Crippen molar-refractivity contribution in [2.75, 3.05) is 18.0 Å². The monoisotopic (exact) mass is 419 g/mol. The second-order valence-electron chi connectivity index (χ2n) is 9.09. The summed E-state index contributed by atoms with van der Waals surface area (Å²) >= 11 is 6.03. The minimum absolute atomic E-state index is 0.0209. The Morgan fingerprint density at radius 2 is 2.03 bits per heavy atom. The molecule has 0 bridgehead atoms. The van der Waals surface area contributed by atoms with Gasteiger partial charge in [0, 0.05) is 30.1 Å². The van der Waals surface area contributed by atoms with Crippen molar-refractivity contribution in [2.24, 2.45) is 11.8 Å². The number of rotatable bonds is 4. The minimum Gasteiger partial charge on any atom is -0.423 e. The van der Waals surface area contributed by atoms with Crippen molar-refractivity contribution in [1.82, 2.24) is 10.3 Å². The van der Waals surface area contributed by atoms with Gasteiger partial charge in [-0.25, -0.2) is 0 Å². The smallest absolute Gasteiger partial charge is 0.298 e. The predicted octanol–water partition coefficient (Wildman–Crippen LogP) is 4.14. The Labute approximate surface area is 176 Å². The molecule has 2 heterocycles. The largest absolute Gasteiger partial charge is 0.423 e. The average molecular weight is 420 g/mol. The number of aliphatic hydroxyl groups is 1. The molecule has 158 valence electrons. The Balaban J connectivity index is 1.31. The number of halogens is 1. The van der Waals surface area contributed by atoms with Gasteiger partial charge in [-0.15, -0.1) is 0 Å². The van der Waals surface area contributed by atoms with Gasteiger partial charge in [0.1, 0.15) is 5.52 Å². The van der Waals surface area contributed by atoms with Crippen LogP contribution in [0.5, 0.6) is 0 Å². The normalized spacial score (nSPS) is 24.1. The zero-order valence-electron chi connectivity index (χ0n) is 17.2. The van der Waals surface area contributed by atoms with Crippen molar-refractivity contribution in [2.45, 2.75) is 64.0 Å². The summed E-state index contributed by atoms with van der Waals surface area (Å²) in [6.07, 6.45) is 5.52.